The van der Waals surface area contributed by atoms with Crippen LogP contribution in [0, 0.1) is 0 Å². The van der Waals surface area contributed by atoms with Gasteiger partial charge in [0.2, 0.25) is 0 Å². The molecule has 0 saturated carbocycles. The minimum Gasteiger partial charge on any atom is -0.456 e. The van der Waals surface area contributed by atoms with E-state index in [9.17, 15) is 2.74 Å². The molecule has 11 aromatic rings. The van der Waals surface area contributed by atoms with Crippen LogP contribution in [-0.4, -0.2) is 19.5 Å². The van der Waals surface area contributed by atoms with Crippen molar-refractivity contribution in [3.05, 3.63) is 194 Å². The molecule has 262 valence electrons. The van der Waals surface area contributed by atoms with Gasteiger partial charge in [-0.1, -0.05) is 152 Å². The maximum Gasteiger partial charge on any atom is 0.166 e. The van der Waals surface area contributed by atoms with E-state index in [1.807, 2.05) is 133 Å². The first-order valence-electron chi connectivity index (χ1n) is 22.1. The summed E-state index contributed by atoms with van der Waals surface area (Å²) in [6, 6.07) is 43.0. The zero-order valence-electron chi connectivity index (χ0n) is 37.6. The average Bonchev–Trinajstić information content (AvgIpc) is 3.91. The standard InChI is InChI=1S/C51H32N4O/c1-3-15-33(16-4-1)35-19-13-20-36(31-35)37-29-30-45(55-43-25-10-7-21-38(43)39-22-8-11-26-44(39)55)42(32-37)51-53-49(34-17-5-2-6-18-34)52-50(54-51)41-24-14-28-47-48(41)40-23-9-12-27-46(40)56-47/h1-32H/i7D,8D,10D,11D,21D,22D,25D,26D. The number of furan rings is 1. The van der Waals surface area contributed by atoms with Crippen molar-refractivity contribution < 1.29 is 15.4 Å². The van der Waals surface area contributed by atoms with Crippen LogP contribution in [0.4, 0.5) is 0 Å². The quantitative estimate of drug-likeness (QED) is 0.171. The first-order chi connectivity index (χ1) is 31.1. The highest BCUT2D eigenvalue weighted by molar-refractivity contribution is 6.12. The van der Waals surface area contributed by atoms with Gasteiger partial charge in [-0.2, -0.15) is 0 Å². The molecule has 11 rings (SSSR count). The Hall–Kier alpha value is -7.63. The van der Waals surface area contributed by atoms with Crippen LogP contribution in [0.15, 0.2) is 198 Å². The molecule has 0 spiro atoms. The van der Waals surface area contributed by atoms with Crippen LogP contribution in [0.25, 0.3) is 106 Å². The van der Waals surface area contributed by atoms with E-state index >= 15 is 0 Å². The van der Waals surface area contributed by atoms with Gasteiger partial charge in [0.1, 0.15) is 11.2 Å². The van der Waals surface area contributed by atoms with E-state index in [0.29, 0.717) is 45.2 Å². The number of benzene rings is 8. The van der Waals surface area contributed by atoms with Crippen LogP contribution < -0.4 is 0 Å². The van der Waals surface area contributed by atoms with Gasteiger partial charge in [0, 0.05) is 38.2 Å². The fourth-order valence-electron chi connectivity index (χ4n) is 7.55. The molecule has 0 unspecified atom stereocenters. The molecule has 0 amide bonds. The number of hydrogen-bond acceptors (Lipinski definition) is 4. The molecule has 3 heterocycles. The van der Waals surface area contributed by atoms with Crippen LogP contribution in [0.3, 0.4) is 0 Å². The monoisotopic (exact) mass is 724 g/mol. The maximum absolute atomic E-state index is 9.30. The van der Waals surface area contributed by atoms with E-state index in [2.05, 4.69) is 6.07 Å². The van der Waals surface area contributed by atoms with Crippen molar-refractivity contribution in [2.24, 2.45) is 0 Å². The lowest BCUT2D eigenvalue weighted by atomic mass is 9.97. The van der Waals surface area contributed by atoms with Crippen molar-refractivity contribution in [3.8, 4) is 62.1 Å². The first-order valence-corrected chi connectivity index (χ1v) is 18.1. The van der Waals surface area contributed by atoms with Gasteiger partial charge >= 0.3 is 0 Å². The summed E-state index contributed by atoms with van der Waals surface area (Å²) in [6.45, 7) is 0. The highest BCUT2D eigenvalue weighted by Gasteiger charge is 2.22. The maximum atomic E-state index is 9.30. The topological polar surface area (TPSA) is 56.7 Å². The number of hydrogen-bond donors (Lipinski definition) is 0. The molecule has 0 saturated heterocycles. The van der Waals surface area contributed by atoms with Gasteiger partial charge in [-0.05, 0) is 64.7 Å². The Morgan fingerprint density at radius 1 is 0.411 bits per heavy atom. The second-order valence-electron chi connectivity index (χ2n) is 13.4. The number of fused-ring (bicyclic) bond motifs is 6. The largest absolute Gasteiger partial charge is 0.456 e. The first kappa shape index (κ1) is 24.6. The van der Waals surface area contributed by atoms with Crippen LogP contribution in [-0.2, 0) is 0 Å². The molecule has 56 heavy (non-hydrogen) atoms. The molecule has 5 nitrogen and oxygen atoms in total. The van der Waals surface area contributed by atoms with E-state index in [1.165, 1.54) is 4.57 Å². The summed E-state index contributed by atoms with van der Waals surface area (Å²) in [5, 5.41) is 1.64. The van der Waals surface area contributed by atoms with Gasteiger partial charge in [-0.15, -0.1) is 0 Å². The predicted octanol–water partition coefficient (Wildman–Crippen LogP) is 13.2. The number of nitrogens with zero attached hydrogens (tertiary/aromatic N) is 4. The Kier molecular flexibility index (Phi) is 5.74. The SMILES string of the molecule is [2H]c1c([2H])c([2H])c2c(c1[2H])c1c([2H])c([2H])c([2H])c([2H])c1n2-c1ccc(-c2cccc(-c3ccccc3)c2)cc1-c1nc(-c2ccccc2)nc(-c2cccc3oc4ccccc4c23)n1. The molecule has 0 aliphatic heterocycles. The Labute approximate surface area is 334 Å². The molecular weight excluding hydrogens is 685 g/mol. The van der Waals surface area contributed by atoms with Crippen LogP contribution in [0.5, 0.6) is 0 Å². The Bertz CT molecular complexity index is 3640. The summed E-state index contributed by atoms with van der Waals surface area (Å²) < 4.78 is 79.4. The minimum absolute atomic E-state index is 0.0136. The smallest absolute Gasteiger partial charge is 0.166 e. The summed E-state index contributed by atoms with van der Waals surface area (Å²) >= 11 is 0. The molecule has 0 fully saturated rings. The number of para-hydroxylation sites is 3. The second-order valence-corrected chi connectivity index (χ2v) is 13.4. The van der Waals surface area contributed by atoms with Crippen molar-refractivity contribution >= 4 is 43.7 Å². The molecule has 5 heteroatoms. The summed E-state index contributed by atoms with van der Waals surface area (Å²) in [5.41, 5.74) is 7.12. The molecule has 0 aliphatic carbocycles. The lowest BCUT2D eigenvalue weighted by Gasteiger charge is -2.17. The summed E-state index contributed by atoms with van der Waals surface area (Å²) in [7, 11) is 0. The van der Waals surface area contributed by atoms with Crippen molar-refractivity contribution in [3.63, 3.8) is 0 Å². The van der Waals surface area contributed by atoms with Crippen molar-refractivity contribution in [1.29, 1.82) is 0 Å². The molecular formula is C51H32N4O. The third-order valence-corrected chi connectivity index (χ3v) is 10.1. The Morgan fingerprint density at radius 3 is 1.71 bits per heavy atom. The Morgan fingerprint density at radius 2 is 0.964 bits per heavy atom. The molecule has 3 aromatic heterocycles. The molecule has 8 aromatic carbocycles. The zero-order valence-corrected chi connectivity index (χ0v) is 29.6. The molecule has 0 radical (unpaired) electrons. The molecule has 0 bridgehead atoms. The van der Waals surface area contributed by atoms with Crippen LogP contribution in [0.1, 0.15) is 11.0 Å². The van der Waals surface area contributed by atoms with Gasteiger partial charge in [0.05, 0.1) is 27.7 Å². The third-order valence-electron chi connectivity index (χ3n) is 10.1. The lowest BCUT2D eigenvalue weighted by Crippen LogP contribution is -2.04. The minimum atomic E-state index is -0.520. The zero-order chi connectivity index (χ0) is 44.0. The third kappa shape index (κ3) is 5.29. The Balaban J connectivity index is 1.28. The second kappa shape index (κ2) is 13.0. The van der Waals surface area contributed by atoms with E-state index in [0.717, 1.165) is 33.0 Å². The average molecular weight is 725 g/mol. The summed E-state index contributed by atoms with van der Waals surface area (Å²) in [4.78, 5) is 15.4. The number of aromatic nitrogens is 4. The number of rotatable bonds is 6. The van der Waals surface area contributed by atoms with Crippen LogP contribution >= 0.6 is 0 Å². The van der Waals surface area contributed by atoms with Gasteiger partial charge < -0.3 is 8.98 Å². The van der Waals surface area contributed by atoms with Crippen molar-refractivity contribution in [2.75, 3.05) is 0 Å². The highest BCUT2D eigenvalue weighted by atomic mass is 16.3. The normalized spacial score (nSPS) is 13.6. The lowest BCUT2D eigenvalue weighted by molar-refractivity contribution is 0.669. The van der Waals surface area contributed by atoms with Crippen molar-refractivity contribution in [2.45, 2.75) is 0 Å². The summed E-state index contributed by atoms with van der Waals surface area (Å²) in [6.07, 6.45) is 0. The van der Waals surface area contributed by atoms with Crippen LogP contribution in [0.2, 0.25) is 0 Å². The fraction of sp³-hybridized carbons (Fsp3) is 0. The fourth-order valence-corrected chi connectivity index (χ4v) is 7.55. The summed E-state index contributed by atoms with van der Waals surface area (Å²) in [5.74, 6) is 0.912. The van der Waals surface area contributed by atoms with Gasteiger partial charge in [0.15, 0.2) is 17.5 Å². The van der Waals surface area contributed by atoms with E-state index in [4.69, 9.17) is 27.6 Å². The highest BCUT2D eigenvalue weighted by Crippen LogP contribution is 2.40. The molecule has 0 N–H and O–H groups in total. The van der Waals surface area contributed by atoms with Gasteiger partial charge in [-0.25, -0.2) is 15.0 Å². The van der Waals surface area contributed by atoms with E-state index < -0.39 is 48.3 Å². The predicted molar refractivity (Wildman–Crippen MR) is 229 cm³/mol. The van der Waals surface area contributed by atoms with Gasteiger partial charge in [-0.3, -0.25) is 0 Å². The van der Waals surface area contributed by atoms with Crippen molar-refractivity contribution in [1.82, 2.24) is 19.5 Å². The van der Waals surface area contributed by atoms with E-state index in [1.54, 1.807) is 6.07 Å². The molecule has 0 atom stereocenters. The molecule has 0 aliphatic rings. The van der Waals surface area contributed by atoms with E-state index in [-0.39, 0.29) is 27.6 Å². The van der Waals surface area contributed by atoms with Gasteiger partial charge in [0.25, 0.3) is 0 Å².